The van der Waals surface area contributed by atoms with Gasteiger partial charge in [-0.1, -0.05) is 18.9 Å². The number of aryl methyl sites for hydroxylation is 1. The fraction of sp³-hybridized carbons (Fsp3) is 0.538. The molecule has 1 aliphatic carbocycles. The minimum Gasteiger partial charge on any atom is -0.317 e. The van der Waals surface area contributed by atoms with Crippen molar-refractivity contribution in [2.45, 2.75) is 44.7 Å². The maximum absolute atomic E-state index is 6.33. The van der Waals surface area contributed by atoms with Crippen LogP contribution in [0.5, 0.6) is 0 Å². The SMILES string of the molecule is Cc1nnc(C(N)c2cccs2)n1C1CCCC1. The molecule has 0 aromatic carbocycles. The van der Waals surface area contributed by atoms with Gasteiger partial charge >= 0.3 is 0 Å². The number of aromatic nitrogens is 3. The molecule has 2 aromatic heterocycles. The van der Waals surface area contributed by atoms with Crippen molar-refractivity contribution in [3.05, 3.63) is 34.0 Å². The van der Waals surface area contributed by atoms with Crippen molar-refractivity contribution in [2.24, 2.45) is 5.73 Å². The molecule has 1 unspecified atom stereocenters. The second-order valence-corrected chi connectivity index (χ2v) is 5.89. The summed E-state index contributed by atoms with van der Waals surface area (Å²) >= 11 is 1.68. The van der Waals surface area contributed by atoms with Crippen LogP contribution in [0.4, 0.5) is 0 Å². The highest BCUT2D eigenvalue weighted by molar-refractivity contribution is 7.10. The molecule has 4 nitrogen and oxygen atoms in total. The Bertz CT molecular complexity index is 511. The molecule has 96 valence electrons. The van der Waals surface area contributed by atoms with Crippen molar-refractivity contribution in [1.29, 1.82) is 0 Å². The summed E-state index contributed by atoms with van der Waals surface area (Å²) in [4.78, 5) is 1.15. The average Bonchev–Trinajstić information content (AvgIpc) is 3.09. The smallest absolute Gasteiger partial charge is 0.155 e. The fourth-order valence-electron chi connectivity index (χ4n) is 2.81. The zero-order chi connectivity index (χ0) is 12.5. The van der Waals surface area contributed by atoms with Gasteiger partial charge in [-0.15, -0.1) is 21.5 Å². The third-order valence-corrected chi connectivity index (χ3v) is 4.67. The van der Waals surface area contributed by atoms with Crippen molar-refractivity contribution < 1.29 is 0 Å². The number of nitrogens with two attached hydrogens (primary N) is 1. The molecule has 0 aliphatic heterocycles. The van der Waals surface area contributed by atoms with Gasteiger partial charge in [-0.2, -0.15) is 0 Å². The Hall–Kier alpha value is -1.20. The first-order valence-corrected chi connectivity index (χ1v) is 7.35. The predicted octanol–water partition coefficient (Wildman–Crippen LogP) is 2.81. The van der Waals surface area contributed by atoms with Crippen molar-refractivity contribution in [2.75, 3.05) is 0 Å². The number of hydrogen-bond acceptors (Lipinski definition) is 4. The van der Waals surface area contributed by atoms with Crippen molar-refractivity contribution in [1.82, 2.24) is 14.8 Å². The molecule has 2 aromatic rings. The first-order valence-electron chi connectivity index (χ1n) is 6.47. The van der Waals surface area contributed by atoms with E-state index >= 15 is 0 Å². The van der Waals surface area contributed by atoms with Crippen LogP contribution in [0.2, 0.25) is 0 Å². The van der Waals surface area contributed by atoms with E-state index in [1.807, 2.05) is 13.0 Å². The van der Waals surface area contributed by atoms with E-state index in [4.69, 9.17) is 5.73 Å². The zero-order valence-corrected chi connectivity index (χ0v) is 11.4. The van der Waals surface area contributed by atoms with Crippen LogP contribution in [-0.2, 0) is 0 Å². The molecule has 1 atom stereocenters. The molecule has 2 N–H and O–H groups in total. The summed E-state index contributed by atoms with van der Waals surface area (Å²) in [5, 5.41) is 10.6. The summed E-state index contributed by atoms with van der Waals surface area (Å²) in [6.45, 7) is 2.02. The van der Waals surface area contributed by atoms with Crippen LogP contribution >= 0.6 is 11.3 Å². The number of hydrogen-bond donors (Lipinski definition) is 1. The lowest BCUT2D eigenvalue weighted by Crippen LogP contribution is -2.19. The predicted molar refractivity (Wildman–Crippen MR) is 72.6 cm³/mol. The topological polar surface area (TPSA) is 56.7 Å². The van der Waals surface area contributed by atoms with Crippen LogP contribution in [0.1, 0.15) is 54.3 Å². The largest absolute Gasteiger partial charge is 0.317 e. The molecule has 0 saturated heterocycles. The molecule has 2 heterocycles. The molecule has 18 heavy (non-hydrogen) atoms. The van der Waals surface area contributed by atoms with Gasteiger partial charge in [-0.25, -0.2) is 0 Å². The van der Waals surface area contributed by atoms with Gasteiger partial charge in [-0.05, 0) is 31.2 Å². The Labute approximate surface area is 111 Å². The van der Waals surface area contributed by atoms with Crippen molar-refractivity contribution in [3.63, 3.8) is 0 Å². The lowest BCUT2D eigenvalue weighted by atomic mass is 10.2. The van der Waals surface area contributed by atoms with E-state index in [1.165, 1.54) is 25.7 Å². The highest BCUT2D eigenvalue weighted by Crippen LogP contribution is 2.33. The van der Waals surface area contributed by atoms with Crippen molar-refractivity contribution >= 4 is 11.3 Å². The highest BCUT2D eigenvalue weighted by atomic mass is 32.1. The van der Waals surface area contributed by atoms with Gasteiger partial charge in [0.15, 0.2) is 5.82 Å². The quantitative estimate of drug-likeness (QED) is 0.925. The molecule has 5 heteroatoms. The average molecular weight is 262 g/mol. The van der Waals surface area contributed by atoms with Crippen LogP contribution in [-0.4, -0.2) is 14.8 Å². The minimum absolute atomic E-state index is 0.146. The van der Waals surface area contributed by atoms with Gasteiger partial charge < -0.3 is 10.3 Å². The monoisotopic (exact) mass is 262 g/mol. The summed E-state index contributed by atoms with van der Waals surface area (Å²) in [5.74, 6) is 1.91. The van der Waals surface area contributed by atoms with Crippen LogP contribution < -0.4 is 5.73 Å². The third kappa shape index (κ3) is 1.97. The third-order valence-electron chi connectivity index (χ3n) is 3.71. The van der Waals surface area contributed by atoms with E-state index in [0.29, 0.717) is 6.04 Å². The van der Waals surface area contributed by atoms with Gasteiger partial charge in [0, 0.05) is 10.9 Å². The number of nitrogens with zero attached hydrogens (tertiary/aromatic N) is 3. The number of thiophene rings is 1. The molecular formula is C13H18N4S. The Morgan fingerprint density at radius 2 is 2.17 bits per heavy atom. The standard InChI is InChI=1S/C13H18N4S/c1-9-15-16-13(12(14)11-7-4-8-18-11)17(9)10-5-2-3-6-10/h4,7-8,10,12H,2-3,5-6,14H2,1H3. The van der Waals surface area contributed by atoms with Crippen molar-refractivity contribution in [3.8, 4) is 0 Å². The lowest BCUT2D eigenvalue weighted by molar-refractivity contribution is 0.478. The van der Waals surface area contributed by atoms with Gasteiger partial charge in [0.2, 0.25) is 0 Å². The van der Waals surface area contributed by atoms with E-state index in [1.54, 1.807) is 11.3 Å². The minimum atomic E-state index is -0.146. The Kier molecular flexibility index (Phi) is 3.18. The van der Waals surface area contributed by atoms with E-state index in [0.717, 1.165) is 16.5 Å². The van der Waals surface area contributed by atoms with Gasteiger partial charge in [0.1, 0.15) is 11.9 Å². The number of rotatable bonds is 3. The van der Waals surface area contributed by atoms with Crippen LogP contribution in [0.15, 0.2) is 17.5 Å². The van der Waals surface area contributed by atoms with Crippen LogP contribution in [0, 0.1) is 6.92 Å². The molecule has 0 bridgehead atoms. The molecule has 0 radical (unpaired) electrons. The zero-order valence-electron chi connectivity index (χ0n) is 10.5. The van der Waals surface area contributed by atoms with Gasteiger partial charge in [-0.3, -0.25) is 0 Å². The second kappa shape index (κ2) is 4.82. The first kappa shape index (κ1) is 11.9. The van der Waals surface area contributed by atoms with E-state index in [-0.39, 0.29) is 6.04 Å². The maximum atomic E-state index is 6.33. The molecule has 1 saturated carbocycles. The molecule has 0 amide bonds. The van der Waals surface area contributed by atoms with Crippen LogP contribution in [0.3, 0.4) is 0 Å². The highest BCUT2D eigenvalue weighted by Gasteiger charge is 2.25. The lowest BCUT2D eigenvalue weighted by Gasteiger charge is -2.18. The molecule has 3 rings (SSSR count). The molecule has 0 spiro atoms. The molecular weight excluding hydrogens is 244 g/mol. The summed E-state index contributed by atoms with van der Waals surface area (Å²) in [7, 11) is 0. The fourth-order valence-corrected chi connectivity index (χ4v) is 3.53. The van der Waals surface area contributed by atoms with E-state index in [9.17, 15) is 0 Å². The summed E-state index contributed by atoms with van der Waals surface area (Å²) in [6, 6.07) is 4.49. The summed E-state index contributed by atoms with van der Waals surface area (Å²) < 4.78 is 2.26. The van der Waals surface area contributed by atoms with Crippen LogP contribution in [0.25, 0.3) is 0 Å². The first-order chi connectivity index (χ1) is 8.77. The Morgan fingerprint density at radius 3 is 2.83 bits per heavy atom. The van der Waals surface area contributed by atoms with Gasteiger partial charge in [0.25, 0.3) is 0 Å². The van der Waals surface area contributed by atoms with Gasteiger partial charge in [0.05, 0.1) is 0 Å². The van der Waals surface area contributed by atoms with E-state index < -0.39 is 0 Å². The van der Waals surface area contributed by atoms with E-state index in [2.05, 4.69) is 26.2 Å². The Morgan fingerprint density at radius 1 is 1.39 bits per heavy atom. The summed E-state index contributed by atoms with van der Waals surface area (Å²) in [5.41, 5.74) is 6.33. The molecule has 1 aliphatic rings. The second-order valence-electron chi connectivity index (χ2n) is 4.91. The Balaban J connectivity index is 1.97. The normalized spacial score (nSPS) is 18.3. The molecule has 1 fully saturated rings. The maximum Gasteiger partial charge on any atom is 0.155 e. The summed E-state index contributed by atoms with van der Waals surface area (Å²) in [6.07, 6.45) is 5.05.